The molecule has 2 amide bonds. The van der Waals surface area contributed by atoms with Crippen LogP contribution in [0.3, 0.4) is 0 Å². The topological polar surface area (TPSA) is 125 Å². The van der Waals surface area contributed by atoms with Gasteiger partial charge in [0.15, 0.2) is 0 Å². The van der Waals surface area contributed by atoms with Crippen molar-refractivity contribution < 1.29 is 29.3 Å². The molecule has 0 aliphatic rings. The highest BCUT2D eigenvalue weighted by atomic mass is 16.5. The fourth-order valence-corrected chi connectivity index (χ4v) is 4.17. The Morgan fingerprint density at radius 2 is 1.11 bits per heavy atom. The van der Waals surface area contributed by atoms with E-state index in [9.17, 15) is 14.4 Å². The quantitative estimate of drug-likeness (QED) is 0.0991. The van der Waals surface area contributed by atoms with Gasteiger partial charge in [-0.15, -0.1) is 0 Å². The Labute approximate surface area is 219 Å². The molecule has 0 rings (SSSR count). The Bertz CT molecular complexity index is 544. The van der Waals surface area contributed by atoms with E-state index in [1.54, 1.807) is 0 Å². The first kappa shape index (κ1) is 34.3. The molecule has 0 aromatic carbocycles. The maximum Gasteiger partial charge on any atom is 0.328 e. The van der Waals surface area contributed by atoms with Gasteiger partial charge < -0.3 is 25.6 Å². The van der Waals surface area contributed by atoms with E-state index in [1.165, 1.54) is 83.5 Å². The van der Waals surface area contributed by atoms with E-state index in [2.05, 4.69) is 17.6 Å². The molecule has 0 fully saturated rings. The van der Waals surface area contributed by atoms with Crippen molar-refractivity contribution >= 4 is 17.8 Å². The Hall–Kier alpha value is -1.67. The fourth-order valence-electron chi connectivity index (χ4n) is 4.17. The molecule has 0 saturated heterocycles. The molecule has 0 aliphatic carbocycles. The summed E-state index contributed by atoms with van der Waals surface area (Å²) >= 11 is 0. The summed E-state index contributed by atoms with van der Waals surface area (Å²) in [7, 11) is 0. The molecule has 8 nitrogen and oxygen atoms in total. The third-order valence-corrected chi connectivity index (χ3v) is 6.39. The van der Waals surface area contributed by atoms with Gasteiger partial charge in [0.25, 0.3) is 0 Å². The first-order valence-electron chi connectivity index (χ1n) is 14.5. The number of hydrogen-bond donors (Lipinski definition) is 4. The molecule has 4 N–H and O–H groups in total. The van der Waals surface area contributed by atoms with Crippen molar-refractivity contribution in [1.82, 2.24) is 10.6 Å². The highest BCUT2D eigenvalue weighted by Gasteiger charge is 2.21. The van der Waals surface area contributed by atoms with Crippen LogP contribution in [-0.2, 0) is 19.1 Å². The Balaban J connectivity index is 3.70. The Morgan fingerprint density at radius 1 is 0.639 bits per heavy atom. The number of unbranched alkanes of at least 4 members (excludes halogenated alkanes) is 16. The van der Waals surface area contributed by atoms with Gasteiger partial charge in [0, 0.05) is 6.54 Å². The van der Waals surface area contributed by atoms with E-state index < -0.39 is 37.0 Å². The van der Waals surface area contributed by atoms with E-state index in [0.29, 0.717) is 32.4 Å². The smallest absolute Gasteiger partial charge is 0.328 e. The van der Waals surface area contributed by atoms with Crippen LogP contribution in [0.4, 0.5) is 0 Å². The normalized spacial score (nSPS) is 11.8. The van der Waals surface area contributed by atoms with Gasteiger partial charge in [-0.1, -0.05) is 103 Å². The number of nitrogens with one attached hydrogen (secondary N) is 2. The lowest BCUT2D eigenvalue weighted by Crippen LogP contribution is -2.43. The van der Waals surface area contributed by atoms with E-state index in [4.69, 9.17) is 14.9 Å². The number of rotatable bonds is 26. The summed E-state index contributed by atoms with van der Waals surface area (Å²) in [5.74, 6) is -1.55. The second-order valence-electron chi connectivity index (χ2n) is 9.75. The number of carbonyl (C=O) groups excluding carboxylic acids is 3. The van der Waals surface area contributed by atoms with Gasteiger partial charge in [-0.05, 0) is 25.7 Å². The first-order chi connectivity index (χ1) is 17.5. The average Bonchev–Trinajstić information content (AvgIpc) is 2.88. The van der Waals surface area contributed by atoms with Crippen LogP contribution in [0.25, 0.3) is 0 Å². The molecule has 1 atom stereocenters. The number of esters is 1. The van der Waals surface area contributed by atoms with Crippen LogP contribution in [0, 0.1) is 0 Å². The molecule has 36 heavy (non-hydrogen) atoms. The van der Waals surface area contributed by atoms with Gasteiger partial charge in [0.1, 0.15) is 19.3 Å². The number of ether oxygens (including phenoxy) is 1. The molecule has 0 aromatic heterocycles. The molecule has 0 aromatic rings. The van der Waals surface area contributed by atoms with Crippen molar-refractivity contribution in [2.45, 2.75) is 135 Å². The number of aliphatic hydroxyl groups is 2. The van der Waals surface area contributed by atoms with E-state index in [0.717, 1.165) is 19.3 Å². The summed E-state index contributed by atoms with van der Waals surface area (Å²) < 4.78 is 5.34. The van der Waals surface area contributed by atoms with Crippen LogP contribution in [0.2, 0.25) is 0 Å². The van der Waals surface area contributed by atoms with Crippen LogP contribution in [0.5, 0.6) is 0 Å². The lowest BCUT2D eigenvalue weighted by Gasteiger charge is -2.17. The third-order valence-electron chi connectivity index (χ3n) is 6.39. The Morgan fingerprint density at radius 3 is 1.58 bits per heavy atom. The first-order valence-corrected chi connectivity index (χ1v) is 14.5. The van der Waals surface area contributed by atoms with Crippen molar-refractivity contribution in [3.8, 4) is 0 Å². The number of carbonyl (C=O) groups is 3. The molecule has 8 heteroatoms. The van der Waals surface area contributed by atoms with Crippen molar-refractivity contribution in [2.75, 3.05) is 26.4 Å². The molecule has 0 saturated carbocycles. The molecule has 1 unspecified atom stereocenters. The highest BCUT2D eigenvalue weighted by Crippen LogP contribution is 2.14. The predicted octanol–water partition coefficient (Wildman–Crippen LogP) is 4.55. The van der Waals surface area contributed by atoms with Gasteiger partial charge in [0.05, 0.1) is 6.61 Å². The van der Waals surface area contributed by atoms with Crippen LogP contribution in [-0.4, -0.2) is 60.4 Å². The minimum Gasteiger partial charge on any atom is -0.464 e. The van der Waals surface area contributed by atoms with Crippen LogP contribution < -0.4 is 10.6 Å². The highest BCUT2D eigenvalue weighted by molar-refractivity contribution is 5.84. The molecule has 0 heterocycles. The SMILES string of the molecule is CCCCCCCCCCCCCCCCCCOC(=O)C(CCCCNC(=O)CO)NC(=O)CO. The van der Waals surface area contributed by atoms with Gasteiger partial charge in [-0.3, -0.25) is 9.59 Å². The monoisotopic (exact) mass is 514 g/mol. The van der Waals surface area contributed by atoms with Crippen molar-refractivity contribution in [1.29, 1.82) is 0 Å². The zero-order valence-electron chi connectivity index (χ0n) is 22.9. The number of hydrogen-bond acceptors (Lipinski definition) is 6. The molecular weight excluding hydrogens is 460 g/mol. The van der Waals surface area contributed by atoms with Crippen molar-refractivity contribution in [3.05, 3.63) is 0 Å². The minimum absolute atomic E-state index is 0.329. The van der Waals surface area contributed by atoms with E-state index in [1.807, 2.05) is 0 Å². The predicted molar refractivity (Wildman–Crippen MR) is 143 cm³/mol. The van der Waals surface area contributed by atoms with Crippen LogP contribution in [0.1, 0.15) is 129 Å². The summed E-state index contributed by atoms with van der Waals surface area (Å²) in [6, 6.07) is -0.806. The maximum atomic E-state index is 12.4. The lowest BCUT2D eigenvalue weighted by atomic mass is 10.0. The molecule has 0 radical (unpaired) electrons. The summed E-state index contributed by atoms with van der Waals surface area (Å²) in [6.45, 7) is 1.73. The minimum atomic E-state index is -0.806. The fraction of sp³-hybridized carbons (Fsp3) is 0.893. The van der Waals surface area contributed by atoms with Gasteiger partial charge >= 0.3 is 5.97 Å². The van der Waals surface area contributed by atoms with Crippen molar-refractivity contribution in [3.63, 3.8) is 0 Å². The van der Waals surface area contributed by atoms with E-state index in [-0.39, 0.29) is 0 Å². The summed E-state index contributed by atoms with van der Waals surface area (Å²) in [6.07, 6.45) is 22.1. The van der Waals surface area contributed by atoms with Crippen LogP contribution in [0.15, 0.2) is 0 Å². The average molecular weight is 515 g/mol. The van der Waals surface area contributed by atoms with Gasteiger partial charge in [-0.25, -0.2) is 4.79 Å². The molecular formula is C28H54N2O6. The summed E-state index contributed by atoms with van der Waals surface area (Å²) in [4.78, 5) is 34.9. The zero-order chi connectivity index (χ0) is 26.7. The third kappa shape index (κ3) is 22.8. The molecule has 212 valence electrons. The van der Waals surface area contributed by atoms with E-state index >= 15 is 0 Å². The number of aliphatic hydroxyl groups excluding tert-OH is 2. The number of amides is 2. The second-order valence-corrected chi connectivity index (χ2v) is 9.75. The zero-order valence-corrected chi connectivity index (χ0v) is 22.9. The maximum absolute atomic E-state index is 12.4. The largest absolute Gasteiger partial charge is 0.464 e. The van der Waals surface area contributed by atoms with Crippen molar-refractivity contribution in [2.24, 2.45) is 0 Å². The Kier molecular flexibility index (Phi) is 25.2. The standard InChI is InChI=1S/C28H54N2O6/c1-2-3-4-5-6-7-8-9-10-11-12-13-14-15-16-19-22-36-28(35)25(30-27(34)24-32)20-17-18-21-29-26(33)23-31/h25,31-32H,2-24H2,1H3,(H,29,33)(H,30,34). The second kappa shape index (κ2) is 26.4. The summed E-state index contributed by atoms with van der Waals surface area (Å²) in [5.41, 5.74) is 0. The lowest BCUT2D eigenvalue weighted by molar-refractivity contribution is -0.148. The van der Waals surface area contributed by atoms with Gasteiger partial charge in [0.2, 0.25) is 11.8 Å². The van der Waals surface area contributed by atoms with Gasteiger partial charge in [-0.2, -0.15) is 0 Å². The van der Waals surface area contributed by atoms with Crippen LogP contribution >= 0.6 is 0 Å². The molecule has 0 spiro atoms. The summed E-state index contributed by atoms with van der Waals surface area (Å²) in [5, 5.41) is 22.7. The molecule has 0 bridgehead atoms. The molecule has 0 aliphatic heterocycles.